The molecule has 1 fully saturated rings. The van der Waals surface area contributed by atoms with Crippen molar-refractivity contribution in [3.8, 4) is 5.69 Å². The molecule has 1 aliphatic rings. The highest BCUT2D eigenvalue weighted by Gasteiger charge is 2.41. The summed E-state index contributed by atoms with van der Waals surface area (Å²) < 4.78 is 1.65. The van der Waals surface area contributed by atoms with E-state index in [0.717, 1.165) is 5.69 Å². The number of likely N-dealkylation sites (tertiary alicyclic amines) is 1. The Morgan fingerprint density at radius 2 is 2.14 bits per heavy atom. The molecule has 1 atom stereocenters. The lowest BCUT2D eigenvalue weighted by Gasteiger charge is -2.19. The quantitative estimate of drug-likeness (QED) is 0.791. The highest BCUT2D eigenvalue weighted by molar-refractivity contribution is 5.79. The number of aromatic nitrogens is 4. The van der Waals surface area contributed by atoms with Crippen molar-refractivity contribution in [3.63, 3.8) is 0 Å². The van der Waals surface area contributed by atoms with Crippen LogP contribution in [0, 0.1) is 0 Å². The number of tetrazole rings is 1. The van der Waals surface area contributed by atoms with Gasteiger partial charge in [0.05, 0.1) is 12.2 Å². The largest absolute Gasteiger partial charge is 0.480 e. The number of hydrogen-bond acceptors (Lipinski definition) is 6. The summed E-state index contributed by atoms with van der Waals surface area (Å²) in [5, 5.41) is 20.9. The van der Waals surface area contributed by atoms with Gasteiger partial charge in [0.1, 0.15) is 5.54 Å². The second kappa shape index (κ2) is 5.23. The minimum Gasteiger partial charge on any atom is -0.480 e. The van der Waals surface area contributed by atoms with Gasteiger partial charge in [-0.15, -0.1) is 5.10 Å². The lowest BCUT2D eigenvalue weighted by atomic mass is 10.0. The van der Waals surface area contributed by atoms with Gasteiger partial charge in [0.2, 0.25) is 0 Å². The zero-order valence-electron chi connectivity index (χ0n) is 11.4. The van der Waals surface area contributed by atoms with Crippen molar-refractivity contribution >= 4 is 5.97 Å². The molecule has 1 aromatic heterocycles. The van der Waals surface area contributed by atoms with Crippen molar-refractivity contribution < 1.29 is 9.90 Å². The molecule has 2 heterocycles. The Kier molecular flexibility index (Phi) is 3.40. The van der Waals surface area contributed by atoms with Crippen molar-refractivity contribution in [1.82, 2.24) is 25.1 Å². The van der Waals surface area contributed by atoms with Crippen LogP contribution >= 0.6 is 0 Å². The van der Waals surface area contributed by atoms with Crippen LogP contribution in [0.1, 0.15) is 12.2 Å². The van der Waals surface area contributed by atoms with Crippen molar-refractivity contribution in [2.75, 3.05) is 13.1 Å². The molecule has 0 saturated carbocycles. The Morgan fingerprint density at radius 3 is 2.81 bits per heavy atom. The summed E-state index contributed by atoms with van der Waals surface area (Å²) in [4.78, 5) is 13.1. The van der Waals surface area contributed by atoms with E-state index in [0.29, 0.717) is 31.9 Å². The minimum absolute atomic E-state index is 0.296. The predicted molar refractivity (Wildman–Crippen MR) is 73.6 cm³/mol. The van der Waals surface area contributed by atoms with Crippen LogP contribution in [0.25, 0.3) is 5.69 Å². The molecular formula is C13H16N6O2. The molecule has 1 aromatic carbocycles. The van der Waals surface area contributed by atoms with Crippen LogP contribution in [0.5, 0.6) is 0 Å². The van der Waals surface area contributed by atoms with E-state index in [1.807, 2.05) is 35.2 Å². The van der Waals surface area contributed by atoms with Crippen LogP contribution in [0.4, 0.5) is 0 Å². The molecule has 0 aliphatic carbocycles. The molecule has 110 valence electrons. The summed E-state index contributed by atoms with van der Waals surface area (Å²) in [5.41, 5.74) is 5.56. The van der Waals surface area contributed by atoms with Gasteiger partial charge in [0, 0.05) is 13.1 Å². The first kappa shape index (κ1) is 13.7. The number of hydrogen-bond donors (Lipinski definition) is 2. The van der Waals surface area contributed by atoms with Gasteiger partial charge < -0.3 is 10.8 Å². The fourth-order valence-corrected chi connectivity index (χ4v) is 2.50. The first-order valence-electron chi connectivity index (χ1n) is 6.66. The van der Waals surface area contributed by atoms with Crippen LogP contribution < -0.4 is 5.73 Å². The summed E-state index contributed by atoms with van der Waals surface area (Å²) in [6.07, 6.45) is 0.426. The third kappa shape index (κ3) is 2.63. The molecule has 1 saturated heterocycles. The molecule has 1 unspecified atom stereocenters. The summed E-state index contributed by atoms with van der Waals surface area (Å²) in [6.45, 7) is 1.38. The highest BCUT2D eigenvalue weighted by atomic mass is 16.4. The predicted octanol–water partition coefficient (Wildman–Crippen LogP) is -0.350. The average Bonchev–Trinajstić information content (AvgIpc) is 3.08. The third-order valence-corrected chi connectivity index (χ3v) is 3.71. The first-order chi connectivity index (χ1) is 10.1. The van der Waals surface area contributed by atoms with E-state index >= 15 is 0 Å². The van der Waals surface area contributed by atoms with Crippen molar-refractivity contribution in [1.29, 1.82) is 0 Å². The summed E-state index contributed by atoms with van der Waals surface area (Å²) in [7, 11) is 0. The summed E-state index contributed by atoms with van der Waals surface area (Å²) >= 11 is 0. The average molecular weight is 288 g/mol. The van der Waals surface area contributed by atoms with Gasteiger partial charge in [0.25, 0.3) is 0 Å². The molecule has 3 N–H and O–H groups in total. The third-order valence-electron chi connectivity index (χ3n) is 3.71. The minimum atomic E-state index is -1.18. The smallest absolute Gasteiger partial charge is 0.325 e. The van der Waals surface area contributed by atoms with Gasteiger partial charge in [-0.1, -0.05) is 18.2 Å². The molecule has 2 aromatic rings. The van der Waals surface area contributed by atoms with Crippen LogP contribution in [0.3, 0.4) is 0 Å². The lowest BCUT2D eigenvalue weighted by Crippen LogP contribution is -2.50. The number of nitrogens with zero attached hydrogens (tertiary/aromatic N) is 5. The SMILES string of the molecule is NC1(C(=O)O)CCN(Cc2nnnn2-c2ccccc2)C1. The summed E-state index contributed by atoms with van der Waals surface area (Å²) in [6, 6.07) is 9.56. The van der Waals surface area contributed by atoms with Gasteiger partial charge in [-0.2, -0.15) is 4.68 Å². The van der Waals surface area contributed by atoms with Gasteiger partial charge in [0.15, 0.2) is 5.82 Å². The number of rotatable bonds is 4. The Morgan fingerprint density at radius 1 is 1.38 bits per heavy atom. The van der Waals surface area contributed by atoms with Crippen molar-refractivity contribution in [3.05, 3.63) is 36.2 Å². The fraction of sp³-hybridized carbons (Fsp3) is 0.385. The van der Waals surface area contributed by atoms with E-state index in [-0.39, 0.29) is 0 Å². The van der Waals surface area contributed by atoms with Gasteiger partial charge in [-0.25, -0.2) is 0 Å². The Bertz CT molecular complexity index is 643. The highest BCUT2D eigenvalue weighted by Crippen LogP contribution is 2.21. The zero-order chi connectivity index (χ0) is 14.9. The van der Waals surface area contributed by atoms with Gasteiger partial charge >= 0.3 is 5.97 Å². The zero-order valence-corrected chi connectivity index (χ0v) is 11.4. The van der Waals surface area contributed by atoms with Gasteiger partial charge in [-0.05, 0) is 29.0 Å². The van der Waals surface area contributed by atoms with Crippen LogP contribution in [-0.2, 0) is 11.3 Å². The lowest BCUT2D eigenvalue weighted by molar-refractivity contribution is -0.142. The second-order valence-electron chi connectivity index (χ2n) is 5.26. The topological polar surface area (TPSA) is 110 Å². The van der Waals surface area contributed by atoms with E-state index in [2.05, 4.69) is 15.5 Å². The van der Waals surface area contributed by atoms with Gasteiger partial charge in [-0.3, -0.25) is 9.69 Å². The molecule has 0 amide bonds. The maximum atomic E-state index is 11.2. The first-order valence-corrected chi connectivity index (χ1v) is 6.66. The van der Waals surface area contributed by atoms with E-state index in [1.54, 1.807) is 4.68 Å². The second-order valence-corrected chi connectivity index (χ2v) is 5.26. The number of carboxylic acids is 1. The monoisotopic (exact) mass is 288 g/mol. The van der Waals surface area contributed by atoms with Crippen molar-refractivity contribution in [2.24, 2.45) is 5.73 Å². The molecular weight excluding hydrogens is 272 g/mol. The summed E-state index contributed by atoms with van der Waals surface area (Å²) in [5.74, 6) is -0.302. The molecule has 8 nitrogen and oxygen atoms in total. The van der Waals surface area contributed by atoms with Crippen LogP contribution in [0.2, 0.25) is 0 Å². The number of benzene rings is 1. The van der Waals surface area contributed by atoms with E-state index in [4.69, 9.17) is 10.8 Å². The van der Waals surface area contributed by atoms with Crippen LogP contribution in [0.15, 0.2) is 30.3 Å². The number of carbonyl (C=O) groups is 1. The molecule has 3 rings (SSSR count). The fourth-order valence-electron chi connectivity index (χ4n) is 2.50. The Balaban J connectivity index is 1.76. The maximum Gasteiger partial charge on any atom is 0.325 e. The van der Waals surface area contributed by atoms with E-state index < -0.39 is 11.5 Å². The molecule has 0 spiro atoms. The number of aliphatic carboxylic acids is 1. The molecule has 21 heavy (non-hydrogen) atoms. The normalized spacial score (nSPS) is 22.5. The molecule has 0 radical (unpaired) electrons. The molecule has 8 heteroatoms. The Hall–Kier alpha value is -2.32. The van der Waals surface area contributed by atoms with E-state index in [1.165, 1.54) is 0 Å². The molecule has 1 aliphatic heterocycles. The number of para-hydroxylation sites is 1. The van der Waals surface area contributed by atoms with Crippen LogP contribution in [-0.4, -0.2) is 54.8 Å². The Labute approximate surface area is 121 Å². The maximum absolute atomic E-state index is 11.2. The van der Waals surface area contributed by atoms with E-state index in [9.17, 15) is 4.79 Å². The standard InChI is InChI=1S/C13H16N6O2/c14-13(12(20)21)6-7-18(9-13)8-11-15-16-17-19(11)10-4-2-1-3-5-10/h1-5H,6-9,14H2,(H,20,21). The number of carboxylic acid groups (broad SMARTS) is 1. The number of nitrogens with two attached hydrogens (primary N) is 1. The molecule has 0 bridgehead atoms. The van der Waals surface area contributed by atoms with Crippen molar-refractivity contribution in [2.45, 2.75) is 18.5 Å².